The highest BCUT2D eigenvalue weighted by atomic mass is 16.5. The van der Waals surface area contributed by atoms with E-state index in [1.165, 1.54) is 32.5 Å². The molecule has 0 aliphatic carbocycles. The zero-order valence-corrected chi connectivity index (χ0v) is 11.1. The third kappa shape index (κ3) is 4.40. The second kappa shape index (κ2) is 7.25. The van der Waals surface area contributed by atoms with Crippen LogP contribution >= 0.6 is 0 Å². The highest BCUT2D eigenvalue weighted by Gasteiger charge is 2.22. The van der Waals surface area contributed by atoms with E-state index in [4.69, 9.17) is 10.5 Å². The summed E-state index contributed by atoms with van der Waals surface area (Å²) in [4.78, 5) is 2.57. The molecule has 1 fully saturated rings. The molecule has 0 aromatic carbocycles. The fraction of sp³-hybridized carbons (Fsp3) is 1.00. The molecule has 0 saturated carbocycles. The molecule has 1 rings (SSSR count). The topological polar surface area (TPSA) is 38.5 Å². The number of piperidine rings is 1. The molecule has 3 nitrogen and oxygen atoms in total. The van der Waals surface area contributed by atoms with Crippen LogP contribution in [0.3, 0.4) is 0 Å². The lowest BCUT2D eigenvalue weighted by Crippen LogP contribution is -2.41. The van der Waals surface area contributed by atoms with Crippen LogP contribution in [0, 0.1) is 17.8 Å². The van der Waals surface area contributed by atoms with Gasteiger partial charge in [0.05, 0.1) is 0 Å². The van der Waals surface area contributed by atoms with Crippen molar-refractivity contribution in [3.8, 4) is 0 Å². The Morgan fingerprint density at radius 1 is 1.31 bits per heavy atom. The Kier molecular flexibility index (Phi) is 6.32. The molecule has 1 aliphatic heterocycles. The molecule has 1 atom stereocenters. The molecule has 0 radical (unpaired) electrons. The Bertz CT molecular complexity index is 177. The van der Waals surface area contributed by atoms with Crippen LogP contribution in [0.2, 0.25) is 0 Å². The van der Waals surface area contributed by atoms with Gasteiger partial charge in [-0.15, -0.1) is 0 Å². The first-order valence-electron chi connectivity index (χ1n) is 6.58. The molecule has 1 aliphatic rings. The number of hydrogen-bond donors (Lipinski definition) is 1. The lowest BCUT2D eigenvalue weighted by atomic mass is 9.92. The van der Waals surface area contributed by atoms with Crippen LogP contribution in [0.15, 0.2) is 0 Å². The number of nitrogens with zero attached hydrogens (tertiary/aromatic N) is 1. The van der Waals surface area contributed by atoms with Crippen LogP contribution in [0.4, 0.5) is 0 Å². The van der Waals surface area contributed by atoms with Gasteiger partial charge >= 0.3 is 0 Å². The predicted molar refractivity (Wildman–Crippen MR) is 68.4 cm³/mol. The van der Waals surface area contributed by atoms with Crippen molar-refractivity contribution >= 4 is 0 Å². The normalized spacial score (nSPS) is 21.6. The first-order valence-corrected chi connectivity index (χ1v) is 6.58. The number of ether oxygens (including phenoxy) is 1. The van der Waals surface area contributed by atoms with Crippen molar-refractivity contribution in [3.63, 3.8) is 0 Å². The van der Waals surface area contributed by atoms with Crippen molar-refractivity contribution < 1.29 is 4.74 Å². The molecule has 1 unspecified atom stereocenters. The maximum atomic E-state index is 5.82. The van der Waals surface area contributed by atoms with Crippen LogP contribution in [-0.4, -0.2) is 44.8 Å². The van der Waals surface area contributed by atoms with E-state index in [0.717, 1.165) is 19.1 Å². The Hall–Kier alpha value is -0.120. The monoisotopic (exact) mass is 228 g/mol. The molecule has 1 saturated heterocycles. The molecule has 0 bridgehead atoms. The molecule has 2 N–H and O–H groups in total. The minimum Gasteiger partial charge on any atom is -0.384 e. The number of hydrogen-bond acceptors (Lipinski definition) is 3. The molecular weight excluding hydrogens is 200 g/mol. The Morgan fingerprint density at radius 3 is 2.38 bits per heavy atom. The zero-order chi connectivity index (χ0) is 12.0. The van der Waals surface area contributed by atoms with E-state index >= 15 is 0 Å². The van der Waals surface area contributed by atoms with Crippen molar-refractivity contribution in [1.29, 1.82) is 0 Å². The molecule has 3 heteroatoms. The van der Waals surface area contributed by atoms with Gasteiger partial charge in [-0.05, 0) is 50.2 Å². The van der Waals surface area contributed by atoms with Gasteiger partial charge in [-0.3, -0.25) is 0 Å². The van der Waals surface area contributed by atoms with Gasteiger partial charge in [0, 0.05) is 20.3 Å². The number of rotatable bonds is 6. The minimum atomic E-state index is 0.652. The number of methoxy groups -OCH3 is 1. The van der Waals surface area contributed by atoms with Crippen molar-refractivity contribution in [2.75, 3.05) is 39.9 Å². The molecule has 0 amide bonds. The average molecular weight is 228 g/mol. The van der Waals surface area contributed by atoms with Crippen LogP contribution in [0.25, 0.3) is 0 Å². The van der Waals surface area contributed by atoms with Crippen LogP contribution in [0.5, 0.6) is 0 Å². The van der Waals surface area contributed by atoms with E-state index in [-0.39, 0.29) is 0 Å². The molecule has 0 spiro atoms. The standard InChI is InChI=1S/C13H28N2O/c1-11(2)13(8-14)9-15-6-4-12(5-7-15)10-16-3/h11-13H,4-10,14H2,1-3H3. The summed E-state index contributed by atoms with van der Waals surface area (Å²) in [5, 5.41) is 0. The Morgan fingerprint density at radius 2 is 1.94 bits per heavy atom. The molecule has 1 heterocycles. The zero-order valence-electron chi connectivity index (χ0n) is 11.1. The van der Waals surface area contributed by atoms with Gasteiger partial charge in [0.1, 0.15) is 0 Å². The third-order valence-electron chi connectivity index (χ3n) is 3.85. The summed E-state index contributed by atoms with van der Waals surface area (Å²) in [6, 6.07) is 0. The van der Waals surface area contributed by atoms with Crippen molar-refractivity contribution in [2.45, 2.75) is 26.7 Å². The summed E-state index contributed by atoms with van der Waals surface area (Å²) >= 11 is 0. The number of likely N-dealkylation sites (tertiary alicyclic amines) is 1. The van der Waals surface area contributed by atoms with Crippen LogP contribution in [0.1, 0.15) is 26.7 Å². The summed E-state index contributed by atoms with van der Waals surface area (Å²) in [6.07, 6.45) is 2.56. The molecular formula is C13H28N2O. The molecule has 0 aromatic rings. The average Bonchev–Trinajstić information content (AvgIpc) is 2.28. The third-order valence-corrected chi connectivity index (χ3v) is 3.85. The summed E-state index contributed by atoms with van der Waals surface area (Å²) in [7, 11) is 1.80. The highest BCUT2D eigenvalue weighted by molar-refractivity contribution is 4.76. The van der Waals surface area contributed by atoms with Gasteiger partial charge in [-0.2, -0.15) is 0 Å². The smallest absolute Gasteiger partial charge is 0.0491 e. The minimum absolute atomic E-state index is 0.652. The van der Waals surface area contributed by atoms with Gasteiger partial charge in [0.2, 0.25) is 0 Å². The summed E-state index contributed by atoms with van der Waals surface area (Å²) in [6.45, 7) is 9.90. The quantitative estimate of drug-likeness (QED) is 0.750. The second-order valence-corrected chi connectivity index (χ2v) is 5.44. The maximum absolute atomic E-state index is 5.82. The van der Waals surface area contributed by atoms with Crippen molar-refractivity contribution in [3.05, 3.63) is 0 Å². The fourth-order valence-corrected chi connectivity index (χ4v) is 2.46. The van der Waals surface area contributed by atoms with Gasteiger partial charge in [-0.25, -0.2) is 0 Å². The molecule has 16 heavy (non-hydrogen) atoms. The van der Waals surface area contributed by atoms with E-state index in [0.29, 0.717) is 11.8 Å². The summed E-state index contributed by atoms with van der Waals surface area (Å²) in [5.74, 6) is 2.12. The highest BCUT2D eigenvalue weighted by Crippen LogP contribution is 2.20. The Labute approximate surface area is 100 Å². The van der Waals surface area contributed by atoms with E-state index < -0.39 is 0 Å². The lowest BCUT2D eigenvalue weighted by molar-refractivity contribution is 0.0889. The summed E-state index contributed by atoms with van der Waals surface area (Å²) < 4.78 is 5.22. The maximum Gasteiger partial charge on any atom is 0.0491 e. The SMILES string of the molecule is COCC1CCN(CC(CN)C(C)C)CC1. The van der Waals surface area contributed by atoms with E-state index in [2.05, 4.69) is 18.7 Å². The van der Waals surface area contributed by atoms with Gasteiger partial charge in [-0.1, -0.05) is 13.8 Å². The largest absolute Gasteiger partial charge is 0.384 e. The lowest BCUT2D eigenvalue weighted by Gasteiger charge is -2.34. The van der Waals surface area contributed by atoms with Gasteiger partial charge in [0.15, 0.2) is 0 Å². The van der Waals surface area contributed by atoms with Crippen LogP contribution < -0.4 is 5.73 Å². The van der Waals surface area contributed by atoms with Crippen molar-refractivity contribution in [2.24, 2.45) is 23.5 Å². The second-order valence-electron chi connectivity index (χ2n) is 5.44. The van der Waals surface area contributed by atoms with E-state index in [1.54, 1.807) is 7.11 Å². The first-order chi connectivity index (χ1) is 7.67. The van der Waals surface area contributed by atoms with Gasteiger partial charge < -0.3 is 15.4 Å². The Balaban J connectivity index is 2.25. The fourth-order valence-electron chi connectivity index (χ4n) is 2.46. The molecule has 96 valence electrons. The summed E-state index contributed by atoms with van der Waals surface area (Å²) in [5.41, 5.74) is 5.82. The predicted octanol–water partition coefficient (Wildman–Crippen LogP) is 1.58. The number of nitrogens with two attached hydrogens (primary N) is 1. The van der Waals surface area contributed by atoms with Gasteiger partial charge in [0.25, 0.3) is 0 Å². The first kappa shape index (κ1) is 13.9. The molecule has 0 aromatic heterocycles. The van der Waals surface area contributed by atoms with Crippen LogP contribution in [-0.2, 0) is 4.74 Å². The van der Waals surface area contributed by atoms with E-state index in [9.17, 15) is 0 Å². The van der Waals surface area contributed by atoms with E-state index in [1.807, 2.05) is 0 Å². The van der Waals surface area contributed by atoms with Crippen molar-refractivity contribution in [1.82, 2.24) is 4.90 Å².